The fourth-order valence-corrected chi connectivity index (χ4v) is 3.29. The smallest absolute Gasteiger partial charge is 0.286 e. The van der Waals surface area contributed by atoms with Gasteiger partial charge in [0, 0.05) is 12.6 Å². The Morgan fingerprint density at radius 1 is 1.32 bits per heavy atom. The van der Waals surface area contributed by atoms with Gasteiger partial charge in [-0.3, -0.25) is 15.1 Å². The lowest BCUT2D eigenvalue weighted by molar-refractivity contribution is -0.0184. The second-order valence-electron chi connectivity index (χ2n) is 5.07. The van der Waals surface area contributed by atoms with Gasteiger partial charge in [0.2, 0.25) is 0 Å². The van der Waals surface area contributed by atoms with Crippen LogP contribution >= 0.6 is 8.53 Å². The zero-order valence-corrected chi connectivity index (χ0v) is 12.5. The lowest BCUT2D eigenvalue weighted by Crippen LogP contribution is -2.30. The fourth-order valence-electron chi connectivity index (χ4n) is 2.49. The molecule has 8 nitrogen and oxygen atoms in total. The summed E-state index contributed by atoms with van der Waals surface area (Å²) >= 11 is 0. The van der Waals surface area contributed by atoms with Gasteiger partial charge in [-0.25, -0.2) is 0 Å². The molecular weight excluding hydrogens is 309 g/mol. The molecule has 1 aromatic carbocycles. The van der Waals surface area contributed by atoms with Crippen molar-refractivity contribution in [2.45, 2.75) is 18.6 Å². The van der Waals surface area contributed by atoms with Gasteiger partial charge in [0.15, 0.2) is 0 Å². The topological polar surface area (TPSA) is 114 Å². The van der Waals surface area contributed by atoms with Crippen LogP contribution in [0.25, 0.3) is 0 Å². The third-order valence-electron chi connectivity index (χ3n) is 3.57. The largest absolute Gasteiger partial charge is 0.395 e. The van der Waals surface area contributed by atoms with Crippen LogP contribution in [0.5, 0.6) is 0 Å². The number of amides is 2. The number of rotatable bonds is 5. The van der Waals surface area contributed by atoms with E-state index >= 15 is 0 Å². The fraction of sp³-hybridized carbons (Fsp3) is 0.385. The van der Waals surface area contributed by atoms with E-state index in [9.17, 15) is 9.59 Å². The molecule has 0 saturated carbocycles. The molecule has 2 unspecified atom stereocenters. The zero-order valence-electron chi connectivity index (χ0n) is 11.6. The number of imide groups is 1. The first-order valence-corrected chi connectivity index (χ1v) is 8.06. The second kappa shape index (κ2) is 6.37. The van der Waals surface area contributed by atoms with E-state index in [4.69, 9.17) is 19.8 Å². The van der Waals surface area contributed by atoms with Crippen molar-refractivity contribution in [2.75, 3.05) is 13.2 Å². The van der Waals surface area contributed by atoms with Crippen LogP contribution in [0.2, 0.25) is 0 Å². The molecule has 118 valence electrons. The molecule has 2 amide bonds. The molecule has 2 heterocycles. The van der Waals surface area contributed by atoms with Crippen molar-refractivity contribution < 1.29 is 23.8 Å². The Balaban J connectivity index is 1.60. The Morgan fingerprint density at radius 2 is 1.95 bits per heavy atom. The number of carbonyl (C=O) groups is 2. The molecule has 22 heavy (non-hydrogen) atoms. The van der Waals surface area contributed by atoms with Crippen molar-refractivity contribution >= 4 is 20.3 Å². The molecule has 3 atom stereocenters. The summed E-state index contributed by atoms with van der Waals surface area (Å²) in [7, 11) is -1.92. The number of benzene rings is 1. The summed E-state index contributed by atoms with van der Waals surface area (Å²) in [5.41, 5.74) is 6.34. The number of nitrogens with two attached hydrogens (primary N) is 1. The van der Waals surface area contributed by atoms with E-state index < -0.39 is 20.3 Å². The third kappa shape index (κ3) is 2.89. The van der Waals surface area contributed by atoms with Crippen molar-refractivity contribution in [2.24, 2.45) is 5.50 Å². The van der Waals surface area contributed by atoms with E-state index in [0.717, 1.165) is 0 Å². The van der Waals surface area contributed by atoms with Crippen LogP contribution in [-0.4, -0.2) is 47.3 Å². The Hall–Kier alpha value is -1.41. The van der Waals surface area contributed by atoms with Crippen LogP contribution in [0.1, 0.15) is 27.1 Å². The van der Waals surface area contributed by atoms with Crippen LogP contribution in [0.4, 0.5) is 0 Å². The van der Waals surface area contributed by atoms with Gasteiger partial charge >= 0.3 is 0 Å². The molecule has 9 heteroatoms. The quantitative estimate of drug-likeness (QED) is 0.521. The van der Waals surface area contributed by atoms with Crippen molar-refractivity contribution in [3.63, 3.8) is 0 Å². The van der Waals surface area contributed by atoms with Crippen LogP contribution in [0.3, 0.4) is 0 Å². The lowest BCUT2D eigenvalue weighted by atomic mass is 10.1. The lowest BCUT2D eigenvalue weighted by Gasteiger charge is -2.20. The highest BCUT2D eigenvalue weighted by Crippen LogP contribution is 2.37. The van der Waals surface area contributed by atoms with E-state index in [2.05, 4.69) is 5.32 Å². The average molecular weight is 325 g/mol. The first-order valence-electron chi connectivity index (χ1n) is 6.82. The Bertz CT molecular complexity index is 564. The number of nitrogens with one attached hydrogen (secondary N) is 1. The van der Waals surface area contributed by atoms with Crippen molar-refractivity contribution in [1.29, 1.82) is 0 Å². The normalized spacial score (nSPS) is 25.6. The van der Waals surface area contributed by atoms with Gasteiger partial charge in [-0.15, -0.1) is 5.06 Å². The molecule has 1 fully saturated rings. The summed E-state index contributed by atoms with van der Waals surface area (Å²) in [6, 6.07) is 6.44. The maximum absolute atomic E-state index is 12.1. The first-order chi connectivity index (χ1) is 10.6. The minimum absolute atomic E-state index is 0.0155. The summed E-state index contributed by atoms with van der Waals surface area (Å²) in [6.45, 7) is 0.550. The third-order valence-corrected chi connectivity index (χ3v) is 4.40. The molecule has 0 aromatic heterocycles. The molecule has 0 aliphatic carbocycles. The van der Waals surface area contributed by atoms with Crippen molar-refractivity contribution in [3.05, 3.63) is 35.4 Å². The zero-order chi connectivity index (χ0) is 15.7. The van der Waals surface area contributed by atoms with Gasteiger partial charge < -0.3 is 14.9 Å². The van der Waals surface area contributed by atoms with E-state index in [0.29, 0.717) is 29.2 Å². The maximum atomic E-state index is 12.1. The molecule has 4 N–H and O–H groups in total. The highest BCUT2D eigenvalue weighted by atomic mass is 31.2. The highest BCUT2D eigenvalue weighted by molar-refractivity contribution is 7.44. The molecule has 2 aliphatic heterocycles. The molecular formula is C13H16N3O5P. The number of carbonyl (C=O) groups excluding carboxylic acids is 2. The summed E-state index contributed by atoms with van der Waals surface area (Å²) in [6.07, 6.45) is 0.376. The maximum Gasteiger partial charge on any atom is 0.286 e. The number of hydroxylamine groups is 2. The number of nitrogens with zero attached hydrogens (tertiary/aromatic N) is 1. The molecule has 0 bridgehead atoms. The molecule has 1 saturated heterocycles. The first kappa shape index (κ1) is 15.5. The minimum atomic E-state index is -1.92. The van der Waals surface area contributed by atoms with Crippen molar-refractivity contribution in [1.82, 2.24) is 10.4 Å². The van der Waals surface area contributed by atoms with Gasteiger partial charge in [0.05, 0.1) is 23.8 Å². The highest BCUT2D eigenvalue weighted by Gasteiger charge is 2.39. The summed E-state index contributed by atoms with van der Waals surface area (Å²) in [5, 5.41) is 12.8. The van der Waals surface area contributed by atoms with Gasteiger partial charge in [-0.1, -0.05) is 12.1 Å². The van der Waals surface area contributed by atoms with E-state index in [-0.39, 0.29) is 18.8 Å². The van der Waals surface area contributed by atoms with Gasteiger partial charge in [-0.05, 0) is 18.6 Å². The number of aliphatic hydroxyl groups excluding tert-OH is 1. The summed E-state index contributed by atoms with van der Waals surface area (Å²) in [5.74, 6) is -1.08. The Labute approximate surface area is 128 Å². The van der Waals surface area contributed by atoms with Crippen LogP contribution < -0.4 is 10.8 Å². The van der Waals surface area contributed by atoms with Crippen LogP contribution in [0.15, 0.2) is 24.3 Å². The molecule has 0 spiro atoms. The standard InChI is InChI=1S/C13H16N3O5P/c14-22(20-9-5-8(7-17)15-6-9)21-16-12(18)10-3-1-2-4-11(10)13(16)19/h1-4,8-9,15,17H,5-7,14H2/t8-,9?,22?/m0/s1. The predicted octanol–water partition coefficient (Wildman–Crippen LogP) is 0.139. The van der Waals surface area contributed by atoms with Crippen molar-refractivity contribution in [3.8, 4) is 0 Å². The molecule has 1 aromatic rings. The Kier molecular flexibility index (Phi) is 4.49. The second-order valence-corrected chi connectivity index (χ2v) is 6.01. The summed E-state index contributed by atoms with van der Waals surface area (Å²) < 4.78 is 10.7. The minimum Gasteiger partial charge on any atom is -0.395 e. The van der Waals surface area contributed by atoms with Crippen LogP contribution in [-0.2, 0) is 9.15 Å². The van der Waals surface area contributed by atoms with E-state index in [1.807, 2.05) is 0 Å². The van der Waals surface area contributed by atoms with E-state index in [1.54, 1.807) is 24.3 Å². The molecule has 3 rings (SSSR count). The van der Waals surface area contributed by atoms with Gasteiger partial charge in [-0.2, -0.15) is 4.62 Å². The van der Waals surface area contributed by atoms with E-state index in [1.165, 1.54) is 0 Å². The Morgan fingerprint density at radius 3 is 2.50 bits per heavy atom. The predicted molar refractivity (Wildman–Crippen MR) is 77.5 cm³/mol. The van der Waals surface area contributed by atoms with Crippen LogP contribution in [0, 0.1) is 0 Å². The average Bonchev–Trinajstić information content (AvgIpc) is 3.06. The monoisotopic (exact) mass is 325 g/mol. The summed E-state index contributed by atoms with van der Waals surface area (Å²) in [4.78, 5) is 24.2. The number of aliphatic hydroxyl groups is 1. The van der Waals surface area contributed by atoms with Gasteiger partial charge in [0.1, 0.15) is 0 Å². The molecule has 2 aliphatic rings. The van der Waals surface area contributed by atoms with Gasteiger partial charge in [0.25, 0.3) is 20.3 Å². The molecule has 0 radical (unpaired) electrons. The number of hydrogen-bond acceptors (Lipinski definition) is 7. The SMILES string of the molecule is NP(OC1CN[C@H](CO)C1)ON1C(=O)c2ccccc2C1=O. The number of fused-ring (bicyclic) bond motifs is 1. The number of hydrogen-bond donors (Lipinski definition) is 3.